The Kier molecular flexibility index (Phi) is 5.01. The third kappa shape index (κ3) is 3.04. The molecule has 0 aromatic heterocycles. The van der Waals surface area contributed by atoms with Crippen molar-refractivity contribution in [2.24, 2.45) is 17.6 Å². The Morgan fingerprint density at radius 2 is 1.89 bits per heavy atom. The molecule has 0 aromatic rings. The fraction of sp³-hybridized carbons (Fsp3) is 0.929. The topological polar surface area (TPSA) is 55.6 Å². The zero-order chi connectivity index (χ0) is 13.0. The SMILES string of the molecule is CN(C(=O)C1CCOCC1)C1CCCCC1CN. The first-order valence-electron chi connectivity index (χ1n) is 7.28. The molecule has 0 spiro atoms. The van der Waals surface area contributed by atoms with E-state index in [1.54, 1.807) is 0 Å². The molecule has 1 aliphatic carbocycles. The van der Waals surface area contributed by atoms with Gasteiger partial charge in [-0.05, 0) is 38.1 Å². The van der Waals surface area contributed by atoms with Gasteiger partial charge in [-0.2, -0.15) is 0 Å². The second kappa shape index (κ2) is 6.53. The normalized spacial score (nSPS) is 30.1. The smallest absolute Gasteiger partial charge is 0.225 e. The Balaban J connectivity index is 1.95. The van der Waals surface area contributed by atoms with E-state index in [0.29, 0.717) is 24.4 Å². The molecule has 2 atom stereocenters. The maximum atomic E-state index is 12.5. The van der Waals surface area contributed by atoms with Crippen molar-refractivity contribution in [3.05, 3.63) is 0 Å². The fourth-order valence-corrected chi connectivity index (χ4v) is 3.37. The molecule has 4 heteroatoms. The highest BCUT2D eigenvalue weighted by atomic mass is 16.5. The molecule has 2 unspecified atom stereocenters. The van der Waals surface area contributed by atoms with Crippen LogP contribution >= 0.6 is 0 Å². The van der Waals surface area contributed by atoms with Crippen molar-refractivity contribution < 1.29 is 9.53 Å². The highest BCUT2D eigenvalue weighted by Gasteiger charge is 2.33. The standard InChI is InChI=1S/C14H26N2O2/c1-16(13-5-3-2-4-12(13)10-15)14(17)11-6-8-18-9-7-11/h11-13H,2-10,15H2,1H3. The zero-order valence-electron chi connectivity index (χ0n) is 11.4. The molecule has 4 nitrogen and oxygen atoms in total. The molecule has 2 rings (SSSR count). The largest absolute Gasteiger partial charge is 0.381 e. The molecule has 18 heavy (non-hydrogen) atoms. The summed E-state index contributed by atoms with van der Waals surface area (Å²) >= 11 is 0. The van der Waals surface area contributed by atoms with Crippen LogP contribution in [0.3, 0.4) is 0 Å². The van der Waals surface area contributed by atoms with Crippen LogP contribution in [0.15, 0.2) is 0 Å². The van der Waals surface area contributed by atoms with Crippen molar-refractivity contribution in [1.29, 1.82) is 0 Å². The van der Waals surface area contributed by atoms with Crippen LogP contribution < -0.4 is 5.73 Å². The van der Waals surface area contributed by atoms with Gasteiger partial charge in [0.15, 0.2) is 0 Å². The molecule has 1 saturated heterocycles. The lowest BCUT2D eigenvalue weighted by Crippen LogP contribution is -2.48. The maximum Gasteiger partial charge on any atom is 0.225 e. The molecule has 0 aromatic carbocycles. The van der Waals surface area contributed by atoms with Gasteiger partial charge in [0.25, 0.3) is 0 Å². The number of hydrogen-bond donors (Lipinski definition) is 1. The Morgan fingerprint density at radius 3 is 2.56 bits per heavy atom. The van der Waals surface area contributed by atoms with Gasteiger partial charge in [-0.15, -0.1) is 0 Å². The number of ether oxygens (including phenoxy) is 1. The third-order valence-electron chi connectivity index (χ3n) is 4.59. The van der Waals surface area contributed by atoms with E-state index < -0.39 is 0 Å². The first kappa shape index (κ1) is 13.8. The highest BCUT2D eigenvalue weighted by Crippen LogP contribution is 2.29. The van der Waals surface area contributed by atoms with Crippen LogP contribution in [0.5, 0.6) is 0 Å². The van der Waals surface area contributed by atoms with Gasteiger partial charge >= 0.3 is 0 Å². The number of nitrogens with zero attached hydrogens (tertiary/aromatic N) is 1. The van der Waals surface area contributed by atoms with Crippen LogP contribution in [-0.2, 0) is 9.53 Å². The van der Waals surface area contributed by atoms with E-state index in [-0.39, 0.29) is 5.92 Å². The lowest BCUT2D eigenvalue weighted by atomic mass is 9.83. The summed E-state index contributed by atoms with van der Waals surface area (Å²) in [6.45, 7) is 2.17. The van der Waals surface area contributed by atoms with Crippen molar-refractivity contribution in [3.8, 4) is 0 Å². The van der Waals surface area contributed by atoms with Crippen molar-refractivity contribution in [2.45, 2.75) is 44.6 Å². The quantitative estimate of drug-likeness (QED) is 0.828. The predicted molar refractivity (Wildman–Crippen MR) is 71.1 cm³/mol. The van der Waals surface area contributed by atoms with E-state index in [9.17, 15) is 4.79 Å². The lowest BCUT2D eigenvalue weighted by Gasteiger charge is -2.39. The monoisotopic (exact) mass is 254 g/mol. The summed E-state index contributed by atoms with van der Waals surface area (Å²) in [6.07, 6.45) is 6.54. The lowest BCUT2D eigenvalue weighted by molar-refractivity contribution is -0.141. The molecule has 2 N–H and O–H groups in total. The number of rotatable bonds is 3. The van der Waals surface area contributed by atoms with Gasteiger partial charge in [0.1, 0.15) is 0 Å². The first-order chi connectivity index (χ1) is 8.74. The number of amides is 1. The number of hydrogen-bond acceptors (Lipinski definition) is 3. The van der Waals surface area contributed by atoms with E-state index in [4.69, 9.17) is 10.5 Å². The van der Waals surface area contributed by atoms with E-state index in [2.05, 4.69) is 0 Å². The van der Waals surface area contributed by atoms with E-state index in [0.717, 1.165) is 32.5 Å². The van der Waals surface area contributed by atoms with E-state index in [1.807, 2.05) is 11.9 Å². The average Bonchev–Trinajstić information content (AvgIpc) is 2.46. The van der Waals surface area contributed by atoms with Crippen LogP contribution in [0.2, 0.25) is 0 Å². The Hall–Kier alpha value is -0.610. The molecule has 1 saturated carbocycles. The van der Waals surface area contributed by atoms with Crippen LogP contribution in [0, 0.1) is 11.8 Å². The van der Waals surface area contributed by atoms with Gasteiger partial charge in [-0.25, -0.2) is 0 Å². The van der Waals surface area contributed by atoms with Crippen molar-refractivity contribution in [1.82, 2.24) is 4.90 Å². The maximum absolute atomic E-state index is 12.5. The summed E-state index contributed by atoms with van der Waals surface area (Å²) in [5.74, 6) is 0.972. The minimum atomic E-state index is 0.170. The van der Waals surface area contributed by atoms with Crippen LogP contribution in [0.4, 0.5) is 0 Å². The first-order valence-corrected chi connectivity index (χ1v) is 7.28. The van der Waals surface area contributed by atoms with E-state index in [1.165, 1.54) is 19.3 Å². The second-order valence-corrected chi connectivity index (χ2v) is 5.68. The summed E-state index contributed by atoms with van der Waals surface area (Å²) in [6, 6.07) is 0.360. The van der Waals surface area contributed by atoms with Crippen molar-refractivity contribution in [3.63, 3.8) is 0 Å². The fourth-order valence-electron chi connectivity index (χ4n) is 3.37. The number of carbonyl (C=O) groups excluding carboxylic acids is 1. The summed E-state index contributed by atoms with van der Waals surface area (Å²) < 4.78 is 5.33. The zero-order valence-corrected chi connectivity index (χ0v) is 11.4. The number of nitrogens with two attached hydrogens (primary N) is 1. The predicted octanol–water partition coefficient (Wildman–Crippen LogP) is 1.39. The highest BCUT2D eigenvalue weighted by molar-refractivity contribution is 5.79. The average molecular weight is 254 g/mol. The molecule has 1 amide bonds. The van der Waals surface area contributed by atoms with Gasteiger partial charge in [-0.3, -0.25) is 4.79 Å². The molecule has 0 radical (unpaired) electrons. The molecule has 1 aliphatic heterocycles. The molecule has 1 heterocycles. The molecular formula is C14H26N2O2. The van der Waals surface area contributed by atoms with Crippen LogP contribution in [-0.4, -0.2) is 43.7 Å². The summed E-state index contributed by atoms with van der Waals surface area (Å²) in [4.78, 5) is 14.5. The Labute approximate surface area is 110 Å². The Morgan fingerprint density at radius 1 is 1.22 bits per heavy atom. The number of carbonyl (C=O) groups is 1. The van der Waals surface area contributed by atoms with Crippen molar-refractivity contribution in [2.75, 3.05) is 26.8 Å². The van der Waals surface area contributed by atoms with Gasteiger partial charge in [0, 0.05) is 32.2 Å². The minimum Gasteiger partial charge on any atom is -0.381 e. The Bertz CT molecular complexity index is 277. The molecule has 0 bridgehead atoms. The second-order valence-electron chi connectivity index (χ2n) is 5.68. The summed E-state index contributed by atoms with van der Waals surface area (Å²) in [5, 5.41) is 0. The minimum absolute atomic E-state index is 0.170. The molecule has 2 aliphatic rings. The molecular weight excluding hydrogens is 228 g/mol. The summed E-state index contributed by atoms with van der Waals surface area (Å²) in [7, 11) is 1.97. The van der Waals surface area contributed by atoms with E-state index >= 15 is 0 Å². The van der Waals surface area contributed by atoms with Gasteiger partial charge in [0.05, 0.1) is 0 Å². The van der Waals surface area contributed by atoms with Crippen LogP contribution in [0.1, 0.15) is 38.5 Å². The molecule has 104 valence electrons. The van der Waals surface area contributed by atoms with Crippen LogP contribution in [0.25, 0.3) is 0 Å². The van der Waals surface area contributed by atoms with Gasteiger partial charge in [-0.1, -0.05) is 12.8 Å². The van der Waals surface area contributed by atoms with Crippen molar-refractivity contribution >= 4 is 5.91 Å². The third-order valence-corrected chi connectivity index (χ3v) is 4.59. The van der Waals surface area contributed by atoms with Gasteiger partial charge in [0.2, 0.25) is 5.91 Å². The van der Waals surface area contributed by atoms with Gasteiger partial charge < -0.3 is 15.4 Å². The molecule has 2 fully saturated rings. The summed E-state index contributed by atoms with van der Waals surface area (Å²) in [5.41, 5.74) is 5.85.